The molecule has 1 aliphatic carbocycles. The summed E-state index contributed by atoms with van der Waals surface area (Å²) in [4.78, 5) is 33.6. The van der Waals surface area contributed by atoms with E-state index in [4.69, 9.17) is 9.26 Å². The number of rotatable bonds is 9. The van der Waals surface area contributed by atoms with Gasteiger partial charge < -0.3 is 24.2 Å². The van der Waals surface area contributed by atoms with Gasteiger partial charge in [0.1, 0.15) is 27.1 Å². The fourth-order valence-electron chi connectivity index (χ4n) is 5.78. The van der Waals surface area contributed by atoms with Crippen LogP contribution in [0.15, 0.2) is 47.0 Å². The van der Waals surface area contributed by atoms with E-state index in [1.54, 1.807) is 13.8 Å². The Labute approximate surface area is 258 Å². The maximum absolute atomic E-state index is 12.6. The topological polar surface area (TPSA) is 135 Å². The van der Waals surface area contributed by atoms with Gasteiger partial charge in [-0.2, -0.15) is 4.98 Å². The standard InChI is InChI=1S/C32H34N6O5S/c1-18-12-26(39)37(15-18)16-21-5-4-20(28-33-29(43-36-28)22-14-27(40)38(17-22)23-8-9-23)13-25(21)42-24-10-6-19(7-11-24)30-34-35-31(44-30)32(2,3)41/h4-7,10-11,13,18,22-23,41H,8-9,12,14-17H2,1-3H3. The number of carbonyl (C=O) groups is 2. The maximum atomic E-state index is 12.6. The summed E-state index contributed by atoms with van der Waals surface area (Å²) >= 11 is 1.34. The van der Waals surface area contributed by atoms with Gasteiger partial charge in [0, 0.05) is 55.2 Å². The van der Waals surface area contributed by atoms with Crippen molar-refractivity contribution < 1.29 is 24.0 Å². The molecule has 12 heteroatoms. The first-order valence-electron chi connectivity index (χ1n) is 15.0. The SMILES string of the molecule is CC1CC(=O)N(Cc2ccc(-c3noc(C4CC(=O)N(C5CC5)C4)n3)cc2Oc2ccc(-c3nnc(C(C)(C)O)s3)cc2)C1. The normalized spacial score (nSPS) is 20.6. The van der Waals surface area contributed by atoms with Gasteiger partial charge in [-0.3, -0.25) is 9.59 Å². The van der Waals surface area contributed by atoms with Crippen molar-refractivity contribution in [1.29, 1.82) is 0 Å². The largest absolute Gasteiger partial charge is 0.457 e. The number of ether oxygens (including phenoxy) is 1. The van der Waals surface area contributed by atoms with E-state index < -0.39 is 5.60 Å². The molecular weight excluding hydrogens is 580 g/mol. The van der Waals surface area contributed by atoms with Crippen molar-refractivity contribution in [3.8, 4) is 33.5 Å². The molecule has 0 bridgehead atoms. The zero-order valence-electron chi connectivity index (χ0n) is 24.9. The van der Waals surface area contributed by atoms with Crippen LogP contribution >= 0.6 is 11.3 Å². The Morgan fingerprint density at radius 1 is 1.02 bits per heavy atom. The van der Waals surface area contributed by atoms with E-state index in [0.29, 0.717) is 83.2 Å². The van der Waals surface area contributed by atoms with E-state index in [-0.39, 0.29) is 17.7 Å². The lowest BCUT2D eigenvalue weighted by Crippen LogP contribution is -2.27. The molecule has 44 heavy (non-hydrogen) atoms. The second-order valence-corrected chi connectivity index (χ2v) is 13.6. The summed E-state index contributed by atoms with van der Waals surface area (Å²) in [6.07, 6.45) is 3.07. The number of benzene rings is 2. The molecule has 3 fully saturated rings. The van der Waals surface area contributed by atoms with Crippen LogP contribution < -0.4 is 4.74 Å². The summed E-state index contributed by atoms with van der Waals surface area (Å²) < 4.78 is 12.1. The number of amides is 2. The first-order valence-corrected chi connectivity index (χ1v) is 15.8. The zero-order valence-corrected chi connectivity index (χ0v) is 25.7. The van der Waals surface area contributed by atoms with Gasteiger partial charge >= 0.3 is 0 Å². The lowest BCUT2D eigenvalue weighted by molar-refractivity contribution is -0.129. The Hall–Kier alpha value is -4.16. The number of likely N-dealkylation sites (tertiary alicyclic amines) is 2. The maximum Gasteiger partial charge on any atom is 0.232 e. The second-order valence-electron chi connectivity index (χ2n) is 12.6. The number of hydrogen-bond donors (Lipinski definition) is 1. The molecule has 2 amide bonds. The van der Waals surface area contributed by atoms with Crippen LogP contribution in [0.1, 0.15) is 68.8 Å². The summed E-state index contributed by atoms with van der Waals surface area (Å²) in [6.45, 7) is 7.20. The predicted molar refractivity (Wildman–Crippen MR) is 162 cm³/mol. The molecule has 0 spiro atoms. The van der Waals surface area contributed by atoms with Crippen molar-refractivity contribution >= 4 is 23.2 Å². The molecule has 11 nitrogen and oxygen atoms in total. The highest BCUT2D eigenvalue weighted by Gasteiger charge is 2.41. The van der Waals surface area contributed by atoms with Gasteiger partial charge in [0.2, 0.25) is 23.5 Å². The molecule has 0 radical (unpaired) electrons. The average Bonchev–Trinajstić information content (AvgIpc) is 3.34. The molecule has 7 rings (SSSR count). The van der Waals surface area contributed by atoms with Crippen LogP contribution in [0.2, 0.25) is 0 Å². The highest BCUT2D eigenvalue weighted by Crippen LogP contribution is 2.38. The van der Waals surface area contributed by atoms with E-state index >= 15 is 0 Å². The Morgan fingerprint density at radius 2 is 1.80 bits per heavy atom. The van der Waals surface area contributed by atoms with Gasteiger partial charge in [0.15, 0.2) is 0 Å². The summed E-state index contributed by atoms with van der Waals surface area (Å²) in [5.74, 6) is 2.59. The lowest BCUT2D eigenvalue weighted by Gasteiger charge is -2.19. The Kier molecular flexibility index (Phi) is 7.20. The highest BCUT2D eigenvalue weighted by molar-refractivity contribution is 7.14. The smallest absolute Gasteiger partial charge is 0.232 e. The van der Waals surface area contributed by atoms with Crippen molar-refractivity contribution in [3.63, 3.8) is 0 Å². The van der Waals surface area contributed by atoms with Crippen molar-refractivity contribution in [2.24, 2.45) is 5.92 Å². The number of aliphatic hydroxyl groups is 1. The van der Waals surface area contributed by atoms with Gasteiger partial charge in [-0.25, -0.2) is 0 Å². The van der Waals surface area contributed by atoms with Crippen LogP contribution in [0.4, 0.5) is 0 Å². The second kappa shape index (κ2) is 11.1. The third-order valence-electron chi connectivity index (χ3n) is 8.31. The number of aromatic nitrogens is 4. The Bertz CT molecular complexity index is 1710. The molecular formula is C32H34N6O5S. The molecule has 2 atom stereocenters. The van der Waals surface area contributed by atoms with Crippen molar-refractivity contribution in [2.45, 2.75) is 70.6 Å². The van der Waals surface area contributed by atoms with Crippen LogP contribution in [0.3, 0.4) is 0 Å². The van der Waals surface area contributed by atoms with Gasteiger partial charge in [-0.05, 0) is 62.9 Å². The zero-order chi connectivity index (χ0) is 30.6. The van der Waals surface area contributed by atoms with Crippen LogP contribution in [0.5, 0.6) is 11.5 Å². The molecule has 4 heterocycles. The molecule has 228 valence electrons. The molecule has 2 aromatic carbocycles. The quantitative estimate of drug-likeness (QED) is 0.273. The van der Waals surface area contributed by atoms with Gasteiger partial charge in [-0.15, -0.1) is 10.2 Å². The van der Waals surface area contributed by atoms with E-state index in [2.05, 4.69) is 27.3 Å². The van der Waals surface area contributed by atoms with Crippen molar-refractivity contribution in [3.05, 3.63) is 58.9 Å². The summed E-state index contributed by atoms with van der Waals surface area (Å²) in [5.41, 5.74) is 1.39. The van der Waals surface area contributed by atoms with Crippen molar-refractivity contribution in [2.75, 3.05) is 13.1 Å². The minimum atomic E-state index is -1.06. The average molecular weight is 615 g/mol. The van der Waals surface area contributed by atoms with Crippen LogP contribution in [0.25, 0.3) is 22.0 Å². The first kappa shape index (κ1) is 28.6. The molecule has 4 aromatic rings. The van der Waals surface area contributed by atoms with Crippen LogP contribution in [-0.2, 0) is 21.7 Å². The van der Waals surface area contributed by atoms with Crippen molar-refractivity contribution in [1.82, 2.24) is 30.1 Å². The Balaban J connectivity index is 1.14. The number of carbonyl (C=O) groups excluding carboxylic acids is 2. The molecule has 2 saturated heterocycles. The fraction of sp³-hybridized carbons (Fsp3) is 0.438. The Morgan fingerprint density at radius 3 is 2.48 bits per heavy atom. The van der Waals surface area contributed by atoms with E-state index in [1.165, 1.54) is 11.3 Å². The minimum Gasteiger partial charge on any atom is -0.457 e. The van der Waals surface area contributed by atoms with Gasteiger partial charge in [0.05, 0.1) is 5.92 Å². The fourth-order valence-corrected chi connectivity index (χ4v) is 6.63. The van der Waals surface area contributed by atoms with E-state index in [9.17, 15) is 14.7 Å². The molecule has 2 aliphatic heterocycles. The van der Waals surface area contributed by atoms with Gasteiger partial charge in [0.25, 0.3) is 0 Å². The number of nitrogens with zero attached hydrogens (tertiary/aromatic N) is 6. The monoisotopic (exact) mass is 614 g/mol. The first-order chi connectivity index (χ1) is 21.1. The van der Waals surface area contributed by atoms with Gasteiger partial charge in [-0.1, -0.05) is 35.5 Å². The molecule has 1 saturated carbocycles. The number of hydrogen-bond acceptors (Lipinski definition) is 10. The molecule has 2 unspecified atom stereocenters. The summed E-state index contributed by atoms with van der Waals surface area (Å²) in [5, 5.41) is 24.1. The highest BCUT2D eigenvalue weighted by atomic mass is 32.1. The molecule has 1 N–H and O–H groups in total. The lowest BCUT2D eigenvalue weighted by atomic mass is 10.1. The third-order valence-corrected chi connectivity index (χ3v) is 9.59. The summed E-state index contributed by atoms with van der Waals surface area (Å²) in [7, 11) is 0. The summed E-state index contributed by atoms with van der Waals surface area (Å²) in [6, 6.07) is 13.6. The van der Waals surface area contributed by atoms with Crippen LogP contribution in [0, 0.1) is 5.92 Å². The third kappa shape index (κ3) is 5.83. The van der Waals surface area contributed by atoms with Crippen LogP contribution in [-0.4, -0.2) is 66.2 Å². The predicted octanol–water partition coefficient (Wildman–Crippen LogP) is 5.12. The molecule has 2 aromatic heterocycles. The van der Waals surface area contributed by atoms with E-state index in [1.807, 2.05) is 52.3 Å². The van der Waals surface area contributed by atoms with E-state index in [0.717, 1.165) is 24.0 Å². The minimum absolute atomic E-state index is 0.103. The molecule has 3 aliphatic rings.